The van der Waals surface area contributed by atoms with Gasteiger partial charge in [-0.1, -0.05) is 42.5 Å². The molecule has 3 N–H and O–H groups in total. The van der Waals surface area contributed by atoms with Crippen LogP contribution in [0.3, 0.4) is 0 Å². The van der Waals surface area contributed by atoms with Crippen LogP contribution < -0.4 is 25.4 Å². The minimum atomic E-state index is 0.424. The summed E-state index contributed by atoms with van der Waals surface area (Å²) in [6.45, 7) is 6.02. The molecule has 0 spiro atoms. The van der Waals surface area contributed by atoms with E-state index >= 15 is 0 Å². The van der Waals surface area contributed by atoms with E-state index in [-0.39, 0.29) is 0 Å². The zero-order valence-corrected chi connectivity index (χ0v) is 17.8. The topological polar surface area (TPSA) is 67.4 Å². The summed E-state index contributed by atoms with van der Waals surface area (Å²) in [5, 5.41) is 10.4. The molecule has 0 unspecified atom stereocenters. The maximum absolute atomic E-state index is 6.10. The maximum Gasteiger partial charge on any atom is 0.130 e. The van der Waals surface area contributed by atoms with Crippen molar-refractivity contribution >= 4 is 0 Å². The van der Waals surface area contributed by atoms with E-state index in [1.54, 1.807) is 0 Å². The van der Waals surface area contributed by atoms with Gasteiger partial charge in [0.15, 0.2) is 0 Å². The number of hydrogen-bond donors (Lipinski definition) is 3. The summed E-state index contributed by atoms with van der Waals surface area (Å²) in [6, 6.07) is 22.3. The van der Waals surface area contributed by atoms with Gasteiger partial charge in [-0.25, -0.2) is 0 Å². The largest absolute Gasteiger partial charge is 0.487 e. The van der Waals surface area contributed by atoms with Crippen molar-refractivity contribution in [1.82, 2.24) is 20.9 Å². The first-order valence-electron chi connectivity index (χ1n) is 10.9. The lowest BCUT2D eigenvalue weighted by Gasteiger charge is -2.14. The van der Waals surface area contributed by atoms with Gasteiger partial charge in [-0.15, -0.1) is 0 Å². The smallest absolute Gasteiger partial charge is 0.130 e. The number of rotatable bonds is 0. The molecule has 0 fully saturated rings. The zero-order valence-electron chi connectivity index (χ0n) is 17.8. The Bertz CT molecular complexity index is 891. The molecular formula is C25H30N4O2. The van der Waals surface area contributed by atoms with Crippen molar-refractivity contribution in [1.29, 1.82) is 0 Å². The lowest BCUT2D eigenvalue weighted by molar-refractivity contribution is 0.286. The summed E-state index contributed by atoms with van der Waals surface area (Å²) in [7, 11) is 0. The molecule has 0 amide bonds. The van der Waals surface area contributed by atoms with Crippen molar-refractivity contribution in [2.24, 2.45) is 0 Å². The number of pyridine rings is 1. The highest BCUT2D eigenvalue weighted by Crippen LogP contribution is 2.20. The second-order valence-corrected chi connectivity index (χ2v) is 7.52. The standard InChI is InChI=1S/C25H30N4O2/c1-3-10-24-20(6-1)16-27-14-12-26-13-15-28-17-21-7-2-4-11-25(21)31-19-23-9-5-8-22(29-23)18-30-24/h1-11,26-28H,12-19H2. The van der Waals surface area contributed by atoms with Crippen molar-refractivity contribution in [3.8, 4) is 11.5 Å². The first-order valence-corrected chi connectivity index (χ1v) is 10.9. The van der Waals surface area contributed by atoms with Crippen LogP contribution in [0, 0.1) is 0 Å². The Kier molecular flexibility index (Phi) is 7.88. The predicted octanol–water partition coefficient (Wildman–Crippen LogP) is 3.02. The number of para-hydroxylation sites is 2. The Hall–Kier alpha value is -2.93. The molecule has 0 atom stereocenters. The van der Waals surface area contributed by atoms with Crippen LogP contribution in [0.4, 0.5) is 0 Å². The van der Waals surface area contributed by atoms with Crippen LogP contribution in [0.25, 0.3) is 0 Å². The molecule has 2 aromatic carbocycles. The normalized spacial score (nSPS) is 16.1. The van der Waals surface area contributed by atoms with E-state index in [9.17, 15) is 0 Å². The van der Waals surface area contributed by atoms with Gasteiger partial charge in [-0.3, -0.25) is 4.98 Å². The Labute approximate surface area is 184 Å². The zero-order chi connectivity index (χ0) is 21.1. The van der Waals surface area contributed by atoms with Crippen LogP contribution in [0.15, 0.2) is 66.7 Å². The van der Waals surface area contributed by atoms with E-state index < -0.39 is 0 Å². The molecular weight excluding hydrogens is 388 g/mol. The van der Waals surface area contributed by atoms with Crippen molar-refractivity contribution in [3.63, 3.8) is 0 Å². The fraction of sp³-hybridized carbons (Fsp3) is 0.320. The highest BCUT2D eigenvalue weighted by Gasteiger charge is 2.07. The number of benzene rings is 2. The van der Waals surface area contributed by atoms with Crippen LogP contribution in [-0.4, -0.2) is 31.2 Å². The quantitative estimate of drug-likeness (QED) is 0.522. The monoisotopic (exact) mass is 418 g/mol. The Morgan fingerprint density at radius 2 is 1.03 bits per heavy atom. The van der Waals surface area contributed by atoms with Gasteiger partial charge in [-0.05, 0) is 24.3 Å². The average Bonchev–Trinajstić information content (AvgIpc) is 2.81. The van der Waals surface area contributed by atoms with Gasteiger partial charge >= 0.3 is 0 Å². The van der Waals surface area contributed by atoms with E-state index in [1.807, 2.05) is 54.6 Å². The van der Waals surface area contributed by atoms with Crippen molar-refractivity contribution < 1.29 is 9.47 Å². The third kappa shape index (κ3) is 6.52. The van der Waals surface area contributed by atoms with E-state index in [2.05, 4.69) is 28.1 Å². The fourth-order valence-corrected chi connectivity index (χ4v) is 3.50. The van der Waals surface area contributed by atoms with Crippen LogP contribution in [-0.2, 0) is 26.3 Å². The second-order valence-electron chi connectivity index (χ2n) is 7.52. The Morgan fingerprint density at radius 3 is 1.58 bits per heavy atom. The molecule has 2 bridgehead atoms. The van der Waals surface area contributed by atoms with Crippen LogP contribution >= 0.6 is 0 Å². The van der Waals surface area contributed by atoms with Gasteiger partial charge in [0, 0.05) is 50.4 Å². The second kappa shape index (κ2) is 11.5. The summed E-state index contributed by atoms with van der Waals surface area (Å²) in [4.78, 5) is 4.72. The Morgan fingerprint density at radius 1 is 0.548 bits per heavy atom. The molecule has 4 rings (SSSR count). The summed E-state index contributed by atoms with van der Waals surface area (Å²) in [6.07, 6.45) is 0. The SMILES string of the molecule is c1cc2nc(c1)COc1ccccc1CNCCNCCNCc1ccccc1OC2. The van der Waals surface area contributed by atoms with E-state index in [0.717, 1.165) is 73.3 Å². The fourth-order valence-electron chi connectivity index (χ4n) is 3.50. The molecule has 1 aromatic heterocycles. The molecule has 0 saturated heterocycles. The molecule has 6 heteroatoms. The van der Waals surface area contributed by atoms with Crippen LogP contribution in [0.5, 0.6) is 11.5 Å². The Balaban J connectivity index is 1.49. The number of nitrogens with zero attached hydrogens (tertiary/aromatic N) is 1. The van der Waals surface area contributed by atoms with Gasteiger partial charge < -0.3 is 25.4 Å². The third-order valence-corrected chi connectivity index (χ3v) is 5.15. The van der Waals surface area contributed by atoms with Gasteiger partial charge in [0.1, 0.15) is 24.7 Å². The molecule has 3 aromatic rings. The van der Waals surface area contributed by atoms with Gasteiger partial charge in [0.2, 0.25) is 0 Å². The van der Waals surface area contributed by atoms with Gasteiger partial charge in [0.05, 0.1) is 11.4 Å². The summed E-state index contributed by atoms with van der Waals surface area (Å²) >= 11 is 0. The summed E-state index contributed by atoms with van der Waals surface area (Å²) in [5.74, 6) is 1.78. The number of nitrogens with one attached hydrogen (secondary N) is 3. The molecule has 1 aliphatic rings. The van der Waals surface area contributed by atoms with Crippen LogP contribution in [0.1, 0.15) is 22.5 Å². The molecule has 0 radical (unpaired) electrons. The molecule has 1 aliphatic heterocycles. The minimum absolute atomic E-state index is 0.424. The lowest BCUT2D eigenvalue weighted by atomic mass is 10.2. The van der Waals surface area contributed by atoms with E-state index in [1.165, 1.54) is 0 Å². The van der Waals surface area contributed by atoms with Gasteiger partial charge in [0.25, 0.3) is 0 Å². The van der Waals surface area contributed by atoms with Crippen molar-refractivity contribution in [2.45, 2.75) is 26.3 Å². The first kappa shape index (κ1) is 21.3. The first-order chi connectivity index (χ1) is 15.4. The number of hydrogen-bond acceptors (Lipinski definition) is 6. The highest BCUT2D eigenvalue weighted by molar-refractivity contribution is 5.34. The molecule has 0 saturated carbocycles. The average molecular weight is 419 g/mol. The molecule has 6 nitrogen and oxygen atoms in total. The summed E-state index contributed by atoms with van der Waals surface area (Å²) < 4.78 is 12.2. The van der Waals surface area contributed by atoms with E-state index in [4.69, 9.17) is 14.5 Å². The van der Waals surface area contributed by atoms with Crippen molar-refractivity contribution in [3.05, 3.63) is 89.2 Å². The third-order valence-electron chi connectivity index (χ3n) is 5.15. The number of aromatic nitrogens is 1. The van der Waals surface area contributed by atoms with E-state index in [0.29, 0.717) is 13.2 Å². The molecule has 0 aliphatic carbocycles. The molecule has 2 heterocycles. The maximum atomic E-state index is 6.10. The lowest BCUT2D eigenvalue weighted by Crippen LogP contribution is -2.32. The van der Waals surface area contributed by atoms with Crippen molar-refractivity contribution in [2.75, 3.05) is 26.2 Å². The predicted molar refractivity (Wildman–Crippen MR) is 122 cm³/mol. The highest BCUT2D eigenvalue weighted by atomic mass is 16.5. The van der Waals surface area contributed by atoms with Crippen LogP contribution in [0.2, 0.25) is 0 Å². The number of ether oxygens (including phenoxy) is 2. The molecule has 162 valence electrons. The van der Waals surface area contributed by atoms with Gasteiger partial charge in [-0.2, -0.15) is 0 Å². The summed E-state index contributed by atoms with van der Waals surface area (Å²) in [5.41, 5.74) is 4.07. The molecule has 31 heavy (non-hydrogen) atoms. The minimum Gasteiger partial charge on any atom is -0.487 e. The number of fused-ring (bicyclic) bond motifs is 4.